The maximum Gasteiger partial charge on any atom is 0.306 e. The fraction of sp³-hybridized carbons (Fsp3) is 0.899. The van der Waals surface area contributed by atoms with Crippen LogP contribution in [0.4, 0.5) is 0 Å². The summed E-state index contributed by atoms with van der Waals surface area (Å²) in [5.41, 5.74) is 0. The Morgan fingerprint density at radius 3 is 0.680 bits per heavy atom. The molecule has 6 nitrogen and oxygen atoms in total. The summed E-state index contributed by atoms with van der Waals surface area (Å²) in [6.45, 7) is 6.68. The number of allylic oxidation sites excluding steroid dienone is 4. The van der Waals surface area contributed by atoms with E-state index in [1.54, 1.807) is 0 Å². The number of carbonyl (C=O) groups excluding carboxylic acids is 3. The monoisotopic (exact) mass is 1050 g/mol. The molecule has 1 atom stereocenters. The molecule has 0 saturated carbocycles. The molecule has 0 saturated heterocycles. The summed E-state index contributed by atoms with van der Waals surface area (Å²) in [6, 6.07) is 0. The number of hydrogen-bond acceptors (Lipinski definition) is 6. The van der Waals surface area contributed by atoms with Gasteiger partial charge >= 0.3 is 17.9 Å². The lowest BCUT2D eigenvalue weighted by Gasteiger charge is -2.18. The third-order valence-corrected chi connectivity index (χ3v) is 15.4. The highest BCUT2D eigenvalue weighted by Crippen LogP contribution is 2.18. The largest absolute Gasteiger partial charge is 0.462 e. The van der Waals surface area contributed by atoms with E-state index in [2.05, 4.69) is 45.1 Å². The third kappa shape index (κ3) is 62.6. The highest BCUT2D eigenvalue weighted by Gasteiger charge is 2.19. The standard InChI is InChI=1S/C69H130O6/c1-4-7-10-13-16-19-22-25-27-29-30-31-32-33-34-35-36-37-38-39-40-42-44-47-50-53-56-59-62-68(71)74-65-66(64-73-67(70)61-58-55-52-49-46-43-24-21-18-15-12-9-6-3)75-69(72)63-60-57-54-51-48-45-41-28-26-23-20-17-14-11-8-5-2/h21,24,28,41,66H,4-20,22-23,25-27,29-40,42-65H2,1-3H3/b24-21-,41-28-. The highest BCUT2D eigenvalue weighted by molar-refractivity contribution is 5.71. The van der Waals surface area contributed by atoms with Gasteiger partial charge in [0.1, 0.15) is 13.2 Å². The molecule has 0 aromatic carbocycles. The molecule has 1 unspecified atom stereocenters. The van der Waals surface area contributed by atoms with Crippen LogP contribution < -0.4 is 0 Å². The van der Waals surface area contributed by atoms with E-state index in [1.807, 2.05) is 0 Å². The van der Waals surface area contributed by atoms with Crippen LogP contribution in [0.15, 0.2) is 24.3 Å². The molecule has 0 N–H and O–H groups in total. The van der Waals surface area contributed by atoms with Crippen LogP contribution in [-0.2, 0) is 28.6 Å². The Balaban J connectivity index is 4.17. The lowest BCUT2D eigenvalue weighted by molar-refractivity contribution is -0.167. The van der Waals surface area contributed by atoms with Gasteiger partial charge in [0.05, 0.1) is 0 Å². The average Bonchev–Trinajstić information content (AvgIpc) is 3.41. The summed E-state index contributed by atoms with van der Waals surface area (Å²) in [4.78, 5) is 38.3. The van der Waals surface area contributed by atoms with Gasteiger partial charge in [-0.1, -0.05) is 315 Å². The number of unbranched alkanes of at least 4 members (excludes halogenated alkanes) is 48. The molecule has 0 aliphatic rings. The van der Waals surface area contributed by atoms with E-state index in [9.17, 15) is 14.4 Å². The summed E-state index contributed by atoms with van der Waals surface area (Å²) in [7, 11) is 0. The van der Waals surface area contributed by atoms with Crippen LogP contribution in [0, 0.1) is 0 Å². The summed E-state index contributed by atoms with van der Waals surface area (Å²) in [6.07, 6.45) is 77.8. The maximum absolute atomic E-state index is 12.9. The van der Waals surface area contributed by atoms with Crippen molar-refractivity contribution in [2.75, 3.05) is 13.2 Å². The summed E-state index contributed by atoms with van der Waals surface area (Å²) >= 11 is 0. The van der Waals surface area contributed by atoms with E-state index in [1.165, 1.54) is 270 Å². The van der Waals surface area contributed by atoms with Gasteiger partial charge in [0.2, 0.25) is 0 Å². The van der Waals surface area contributed by atoms with Gasteiger partial charge in [0, 0.05) is 19.3 Å². The second kappa shape index (κ2) is 64.4. The molecule has 0 radical (unpaired) electrons. The van der Waals surface area contributed by atoms with Gasteiger partial charge in [-0.2, -0.15) is 0 Å². The molecule has 0 aliphatic carbocycles. The molecule has 0 spiro atoms. The SMILES string of the molecule is CCCCCC/C=C\CCCCCCCC(=O)OCC(COC(=O)CCCCCCCCCCCCCCCCCCCCCCCCCCCCCC)OC(=O)CCCCCCC/C=C\CCCCCCCCC. The van der Waals surface area contributed by atoms with Crippen molar-refractivity contribution < 1.29 is 28.6 Å². The third-order valence-electron chi connectivity index (χ3n) is 15.4. The van der Waals surface area contributed by atoms with Crippen molar-refractivity contribution in [2.45, 2.75) is 386 Å². The molecule has 0 heterocycles. The number of rotatable bonds is 63. The van der Waals surface area contributed by atoms with Crippen LogP contribution in [0.3, 0.4) is 0 Å². The second-order valence-corrected chi connectivity index (χ2v) is 23.1. The Hall–Kier alpha value is -2.11. The topological polar surface area (TPSA) is 78.9 Å². The van der Waals surface area contributed by atoms with Crippen molar-refractivity contribution in [3.63, 3.8) is 0 Å². The zero-order valence-corrected chi connectivity index (χ0v) is 50.8. The lowest BCUT2D eigenvalue weighted by Crippen LogP contribution is -2.30. The molecule has 0 amide bonds. The first-order chi connectivity index (χ1) is 37.0. The summed E-state index contributed by atoms with van der Waals surface area (Å²) in [5, 5.41) is 0. The van der Waals surface area contributed by atoms with E-state index < -0.39 is 6.10 Å². The average molecular weight is 1060 g/mol. The minimum atomic E-state index is -0.776. The first-order valence-electron chi connectivity index (χ1n) is 33.8. The molecule has 0 rings (SSSR count). The van der Waals surface area contributed by atoms with Crippen molar-refractivity contribution in [2.24, 2.45) is 0 Å². The molecule has 0 aromatic heterocycles. The van der Waals surface area contributed by atoms with Crippen molar-refractivity contribution in [3.05, 3.63) is 24.3 Å². The number of ether oxygens (including phenoxy) is 3. The maximum atomic E-state index is 12.9. The predicted molar refractivity (Wildman–Crippen MR) is 326 cm³/mol. The minimum absolute atomic E-state index is 0.0724. The van der Waals surface area contributed by atoms with E-state index >= 15 is 0 Å². The van der Waals surface area contributed by atoms with Crippen molar-refractivity contribution >= 4 is 17.9 Å². The van der Waals surface area contributed by atoms with E-state index in [0.29, 0.717) is 19.3 Å². The van der Waals surface area contributed by atoms with Crippen LogP contribution in [0.1, 0.15) is 380 Å². The van der Waals surface area contributed by atoms with E-state index in [-0.39, 0.29) is 31.1 Å². The quantitative estimate of drug-likeness (QED) is 0.0261. The molecule has 0 aromatic rings. The molecule has 0 fully saturated rings. The highest BCUT2D eigenvalue weighted by atomic mass is 16.6. The number of esters is 3. The number of hydrogen-bond donors (Lipinski definition) is 0. The smallest absolute Gasteiger partial charge is 0.306 e. The Morgan fingerprint density at radius 2 is 0.440 bits per heavy atom. The van der Waals surface area contributed by atoms with Gasteiger partial charge in [-0.15, -0.1) is 0 Å². The molecule has 0 aliphatic heterocycles. The van der Waals surface area contributed by atoms with Crippen LogP contribution in [0.2, 0.25) is 0 Å². The first-order valence-corrected chi connectivity index (χ1v) is 33.8. The van der Waals surface area contributed by atoms with Gasteiger partial charge in [0.25, 0.3) is 0 Å². The fourth-order valence-corrected chi connectivity index (χ4v) is 10.3. The molecule has 442 valence electrons. The Kier molecular flexibility index (Phi) is 62.6. The van der Waals surface area contributed by atoms with Gasteiger partial charge in [-0.05, 0) is 70.6 Å². The summed E-state index contributed by atoms with van der Waals surface area (Å²) < 4.78 is 16.9. The minimum Gasteiger partial charge on any atom is -0.462 e. The predicted octanol–water partition coefficient (Wildman–Crippen LogP) is 23.0. The van der Waals surface area contributed by atoms with Gasteiger partial charge in [0.15, 0.2) is 6.10 Å². The zero-order chi connectivity index (χ0) is 54.3. The van der Waals surface area contributed by atoms with Crippen molar-refractivity contribution in [1.29, 1.82) is 0 Å². The van der Waals surface area contributed by atoms with Crippen LogP contribution in [0.25, 0.3) is 0 Å². The molecular weight excluding hydrogens is 925 g/mol. The summed E-state index contributed by atoms with van der Waals surface area (Å²) in [5.74, 6) is -0.864. The van der Waals surface area contributed by atoms with Gasteiger partial charge < -0.3 is 14.2 Å². The van der Waals surface area contributed by atoms with E-state index in [0.717, 1.165) is 70.6 Å². The Morgan fingerprint density at radius 1 is 0.253 bits per heavy atom. The van der Waals surface area contributed by atoms with Gasteiger partial charge in [-0.3, -0.25) is 14.4 Å². The molecule has 6 heteroatoms. The van der Waals surface area contributed by atoms with Crippen molar-refractivity contribution in [3.8, 4) is 0 Å². The van der Waals surface area contributed by atoms with Gasteiger partial charge in [-0.25, -0.2) is 0 Å². The normalized spacial score (nSPS) is 12.1. The van der Waals surface area contributed by atoms with Crippen LogP contribution in [-0.4, -0.2) is 37.2 Å². The second-order valence-electron chi connectivity index (χ2n) is 23.1. The lowest BCUT2D eigenvalue weighted by atomic mass is 10.0. The fourth-order valence-electron chi connectivity index (χ4n) is 10.3. The molecule has 0 bridgehead atoms. The molecular formula is C69H130O6. The first kappa shape index (κ1) is 72.9. The zero-order valence-electron chi connectivity index (χ0n) is 50.8. The van der Waals surface area contributed by atoms with Crippen LogP contribution in [0.5, 0.6) is 0 Å². The molecule has 75 heavy (non-hydrogen) atoms. The Bertz CT molecular complexity index is 1210. The number of carbonyl (C=O) groups is 3. The van der Waals surface area contributed by atoms with Crippen molar-refractivity contribution in [1.82, 2.24) is 0 Å². The Labute approximate surface area is 468 Å². The van der Waals surface area contributed by atoms with Crippen LogP contribution >= 0.6 is 0 Å². The van der Waals surface area contributed by atoms with E-state index in [4.69, 9.17) is 14.2 Å².